The van der Waals surface area contributed by atoms with E-state index >= 15 is 0 Å². The molecule has 0 radical (unpaired) electrons. The van der Waals surface area contributed by atoms with E-state index in [0.29, 0.717) is 17.2 Å². The second-order valence-electron chi connectivity index (χ2n) is 5.04. The molecule has 0 spiro atoms. The van der Waals surface area contributed by atoms with Gasteiger partial charge in [0, 0.05) is 20.7 Å². The molecule has 18 heavy (non-hydrogen) atoms. The highest BCUT2D eigenvalue weighted by Crippen LogP contribution is 2.34. The molecule has 0 bridgehead atoms. The largest absolute Gasteiger partial charge is 0.310 e. The molecule has 1 N–H and O–H groups in total. The molecule has 1 aromatic rings. The average Bonchev–Trinajstić information content (AvgIpc) is 2.31. The predicted molar refractivity (Wildman–Crippen MR) is 86.4 cm³/mol. The maximum absolute atomic E-state index is 3.70. The second kappa shape index (κ2) is 7.56. The lowest BCUT2D eigenvalue weighted by Crippen LogP contribution is -2.17. The predicted octanol–water partition coefficient (Wildman–Crippen LogP) is 5.26. The van der Waals surface area contributed by atoms with Gasteiger partial charge in [0.2, 0.25) is 0 Å². The van der Waals surface area contributed by atoms with Crippen molar-refractivity contribution in [1.29, 1.82) is 0 Å². The maximum Gasteiger partial charge on any atom is 0.0314 e. The summed E-state index contributed by atoms with van der Waals surface area (Å²) in [6.07, 6.45) is 0. The van der Waals surface area contributed by atoms with Gasteiger partial charge in [-0.05, 0) is 53.0 Å². The Kier molecular flexibility index (Phi) is 6.75. The van der Waals surface area contributed by atoms with Gasteiger partial charge in [0.05, 0.1) is 0 Å². The molecule has 0 aliphatic carbocycles. The van der Waals surface area contributed by atoms with Crippen molar-refractivity contribution < 1.29 is 0 Å². The number of hydrogen-bond acceptors (Lipinski definition) is 2. The van der Waals surface area contributed by atoms with Crippen molar-refractivity contribution in [1.82, 2.24) is 5.32 Å². The molecule has 0 fully saturated rings. The van der Waals surface area contributed by atoms with Gasteiger partial charge in [-0.3, -0.25) is 0 Å². The monoisotopic (exact) mass is 329 g/mol. The second-order valence-corrected chi connectivity index (χ2v) is 7.31. The molecule has 1 nitrogen and oxygen atoms in total. The third-order valence-corrected chi connectivity index (χ3v) is 5.66. The van der Waals surface area contributed by atoms with Crippen molar-refractivity contribution in [2.24, 2.45) is 5.92 Å². The van der Waals surface area contributed by atoms with Gasteiger partial charge in [0.25, 0.3) is 0 Å². The Bertz CT molecular complexity index is 379. The van der Waals surface area contributed by atoms with Gasteiger partial charge in [-0.2, -0.15) is 0 Å². The molecule has 0 aromatic heterocycles. The number of hydrogen-bond donors (Lipinski definition) is 1. The third kappa shape index (κ3) is 4.60. The number of thioether (sulfide) groups is 1. The van der Waals surface area contributed by atoms with Crippen molar-refractivity contribution in [3.63, 3.8) is 0 Å². The van der Waals surface area contributed by atoms with E-state index in [-0.39, 0.29) is 0 Å². The maximum atomic E-state index is 3.70. The lowest BCUT2D eigenvalue weighted by molar-refractivity contribution is 0.597. The minimum absolute atomic E-state index is 0.410. The molecule has 0 amide bonds. The SMILES string of the molecule is CCNC(C)c1ccc(SC(C)C(C)C)c(Br)c1. The Balaban J connectivity index is 2.79. The summed E-state index contributed by atoms with van der Waals surface area (Å²) in [6.45, 7) is 12.2. The lowest BCUT2D eigenvalue weighted by atomic mass is 10.1. The first kappa shape index (κ1) is 16.1. The minimum Gasteiger partial charge on any atom is -0.310 e. The summed E-state index contributed by atoms with van der Waals surface area (Å²) in [7, 11) is 0. The van der Waals surface area contributed by atoms with E-state index in [9.17, 15) is 0 Å². The molecule has 1 rings (SSSR count). The van der Waals surface area contributed by atoms with Gasteiger partial charge in [-0.15, -0.1) is 11.8 Å². The number of benzene rings is 1. The topological polar surface area (TPSA) is 12.0 Å². The summed E-state index contributed by atoms with van der Waals surface area (Å²) >= 11 is 5.64. The molecule has 0 heterocycles. The summed E-state index contributed by atoms with van der Waals surface area (Å²) < 4.78 is 1.21. The first-order chi connectivity index (χ1) is 8.45. The highest BCUT2D eigenvalue weighted by atomic mass is 79.9. The highest BCUT2D eigenvalue weighted by Gasteiger charge is 2.12. The van der Waals surface area contributed by atoms with Crippen LogP contribution in [0.15, 0.2) is 27.6 Å². The van der Waals surface area contributed by atoms with Crippen LogP contribution in [-0.4, -0.2) is 11.8 Å². The number of nitrogens with one attached hydrogen (secondary N) is 1. The summed E-state index contributed by atoms with van der Waals surface area (Å²) in [5.41, 5.74) is 1.34. The summed E-state index contributed by atoms with van der Waals surface area (Å²) in [5, 5.41) is 4.08. The van der Waals surface area contributed by atoms with E-state index in [1.54, 1.807) is 0 Å². The van der Waals surface area contributed by atoms with E-state index < -0.39 is 0 Å². The van der Waals surface area contributed by atoms with E-state index in [4.69, 9.17) is 0 Å². The third-order valence-electron chi connectivity index (χ3n) is 3.22. The Morgan fingerprint density at radius 2 is 1.89 bits per heavy atom. The summed E-state index contributed by atoms with van der Waals surface area (Å²) in [4.78, 5) is 1.34. The molecule has 0 aliphatic heterocycles. The molecule has 1 aromatic carbocycles. The molecule has 102 valence electrons. The average molecular weight is 330 g/mol. The van der Waals surface area contributed by atoms with E-state index in [1.165, 1.54) is 14.9 Å². The Hall–Kier alpha value is 0.01000. The van der Waals surface area contributed by atoms with Crippen LogP contribution in [0.2, 0.25) is 0 Å². The molecular formula is C15H24BrNS. The van der Waals surface area contributed by atoms with Crippen LogP contribution in [0.1, 0.15) is 46.2 Å². The Labute approximate surface area is 124 Å². The Morgan fingerprint density at radius 1 is 1.22 bits per heavy atom. The molecule has 2 unspecified atom stereocenters. The minimum atomic E-state index is 0.410. The molecule has 2 atom stereocenters. The van der Waals surface area contributed by atoms with Gasteiger partial charge in [-0.25, -0.2) is 0 Å². The van der Waals surface area contributed by atoms with Crippen LogP contribution in [0.3, 0.4) is 0 Å². The van der Waals surface area contributed by atoms with E-state index in [2.05, 4.69) is 74.1 Å². The molecule has 0 saturated carbocycles. The lowest BCUT2D eigenvalue weighted by Gasteiger charge is -2.18. The number of rotatable bonds is 6. The summed E-state index contributed by atoms with van der Waals surface area (Å²) in [5.74, 6) is 0.697. The zero-order valence-electron chi connectivity index (χ0n) is 12.0. The quantitative estimate of drug-likeness (QED) is 0.714. The zero-order chi connectivity index (χ0) is 13.7. The van der Waals surface area contributed by atoms with Gasteiger partial charge >= 0.3 is 0 Å². The van der Waals surface area contributed by atoms with Crippen LogP contribution in [0.25, 0.3) is 0 Å². The summed E-state index contributed by atoms with van der Waals surface area (Å²) in [6, 6.07) is 7.11. The van der Waals surface area contributed by atoms with E-state index in [0.717, 1.165) is 6.54 Å². The van der Waals surface area contributed by atoms with Crippen molar-refractivity contribution in [3.8, 4) is 0 Å². The zero-order valence-corrected chi connectivity index (χ0v) is 14.4. The van der Waals surface area contributed by atoms with Gasteiger partial charge < -0.3 is 5.32 Å². The van der Waals surface area contributed by atoms with Crippen LogP contribution in [0.5, 0.6) is 0 Å². The van der Waals surface area contributed by atoms with Crippen molar-refractivity contribution in [2.45, 2.75) is 50.8 Å². The first-order valence-electron chi connectivity index (χ1n) is 6.65. The molecule has 3 heteroatoms. The fraction of sp³-hybridized carbons (Fsp3) is 0.600. The van der Waals surface area contributed by atoms with Gasteiger partial charge in [0.1, 0.15) is 0 Å². The van der Waals surface area contributed by atoms with Crippen LogP contribution < -0.4 is 5.32 Å². The fourth-order valence-corrected chi connectivity index (χ4v) is 3.31. The van der Waals surface area contributed by atoms with Crippen molar-refractivity contribution in [2.75, 3.05) is 6.54 Å². The molecule has 0 aliphatic rings. The van der Waals surface area contributed by atoms with E-state index in [1.807, 2.05) is 11.8 Å². The Morgan fingerprint density at radius 3 is 2.39 bits per heavy atom. The molecular weight excluding hydrogens is 306 g/mol. The van der Waals surface area contributed by atoms with Gasteiger partial charge in [0.15, 0.2) is 0 Å². The van der Waals surface area contributed by atoms with Crippen LogP contribution in [0, 0.1) is 5.92 Å². The smallest absolute Gasteiger partial charge is 0.0314 e. The standard InChI is InChI=1S/C15H24BrNS/c1-6-17-11(4)13-7-8-15(14(16)9-13)18-12(5)10(2)3/h7-12,17H,6H2,1-5H3. The fourth-order valence-electron chi connectivity index (χ4n) is 1.64. The first-order valence-corrected chi connectivity index (χ1v) is 8.32. The van der Waals surface area contributed by atoms with Crippen molar-refractivity contribution >= 4 is 27.7 Å². The van der Waals surface area contributed by atoms with Crippen LogP contribution in [0.4, 0.5) is 0 Å². The van der Waals surface area contributed by atoms with Gasteiger partial charge in [-0.1, -0.05) is 33.8 Å². The van der Waals surface area contributed by atoms with Crippen LogP contribution >= 0.6 is 27.7 Å². The number of halogens is 1. The van der Waals surface area contributed by atoms with Crippen molar-refractivity contribution in [3.05, 3.63) is 28.2 Å². The normalized spacial score (nSPS) is 14.8. The highest BCUT2D eigenvalue weighted by molar-refractivity contribution is 9.10. The van der Waals surface area contributed by atoms with Crippen LogP contribution in [-0.2, 0) is 0 Å². The molecule has 0 saturated heterocycles.